The fraction of sp³-hybridized carbons (Fsp3) is 0.200. The summed E-state index contributed by atoms with van der Waals surface area (Å²) in [5, 5.41) is 4.82. The maximum absolute atomic E-state index is 11.9. The lowest BCUT2D eigenvalue weighted by molar-refractivity contribution is -0.121. The fourth-order valence-corrected chi connectivity index (χ4v) is 3.55. The van der Waals surface area contributed by atoms with Crippen LogP contribution in [0.25, 0.3) is 11.1 Å². The second-order valence-corrected chi connectivity index (χ2v) is 6.66. The van der Waals surface area contributed by atoms with Crippen molar-refractivity contribution in [3.8, 4) is 0 Å². The minimum atomic E-state index is -0.434. The van der Waals surface area contributed by atoms with E-state index in [2.05, 4.69) is 21.2 Å². The summed E-state index contributed by atoms with van der Waals surface area (Å²) in [6, 6.07) is 9.16. The fourth-order valence-electron chi connectivity index (χ4n) is 2.16. The maximum atomic E-state index is 11.9. The molecule has 1 aromatic carbocycles. The molecular formula is C15H13BrN2O3S. The number of halogens is 1. The summed E-state index contributed by atoms with van der Waals surface area (Å²) in [6.45, 7) is 0.798. The molecule has 0 fully saturated rings. The van der Waals surface area contributed by atoms with E-state index in [1.807, 2.05) is 23.6 Å². The van der Waals surface area contributed by atoms with Gasteiger partial charge in [0.05, 0.1) is 12.1 Å². The minimum absolute atomic E-state index is 0.0956. The van der Waals surface area contributed by atoms with Crippen molar-refractivity contribution in [1.29, 1.82) is 0 Å². The van der Waals surface area contributed by atoms with Gasteiger partial charge in [-0.3, -0.25) is 9.36 Å². The average Bonchev–Trinajstić information content (AvgIpc) is 3.05. The van der Waals surface area contributed by atoms with Crippen LogP contribution in [0.5, 0.6) is 0 Å². The molecule has 2 aromatic heterocycles. The maximum Gasteiger partial charge on any atom is 0.419 e. The SMILES string of the molecule is O=C(CCn1c(=O)oc2ccccc21)NCc1cc(Br)cs1. The monoisotopic (exact) mass is 380 g/mol. The highest BCUT2D eigenvalue weighted by Gasteiger charge is 2.10. The van der Waals surface area contributed by atoms with Crippen LogP contribution in [-0.4, -0.2) is 10.5 Å². The Bertz CT molecular complexity index is 865. The quantitative estimate of drug-likeness (QED) is 0.739. The van der Waals surface area contributed by atoms with Gasteiger partial charge in [-0.15, -0.1) is 11.3 Å². The number of hydrogen-bond acceptors (Lipinski definition) is 4. The first kappa shape index (κ1) is 15.1. The number of thiophene rings is 1. The third-order valence-electron chi connectivity index (χ3n) is 3.22. The molecule has 0 bridgehead atoms. The molecule has 7 heteroatoms. The summed E-state index contributed by atoms with van der Waals surface area (Å²) in [5.41, 5.74) is 1.25. The van der Waals surface area contributed by atoms with Crippen LogP contribution >= 0.6 is 27.3 Å². The van der Waals surface area contributed by atoms with Crippen LogP contribution in [0.3, 0.4) is 0 Å². The molecule has 0 aliphatic rings. The molecule has 3 rings (SSSR count). The van der Waals surface area contributed by atoms with E-state index in [4.69, 9.17) is 4.42 Å². The zero-order chi connectivity index (χ0) is 15.5. The highest BCUT2D eigenvalue weighted by molar-refractivity contribution is 9.10. The zero-order valence-corrected chi connectivity index (χ0v) is 13.9. The van der Waals surface area contributed by atoms with Gasteiger partial charge in [-0.25, -0.2) is 4.79 Å². The Balaban J connectivity index is 1.60. The standard InChI is InChI=1S/C15H13BrN2O3S/c16-10-7-11(22-9-10)8-17-14(19)5-6-18-12-3-1-2-4-13(12)21-15(18)20/h1-4,7,9H,5-6,8H2,(H,17,19). The number of aromatic nitrogens is 1. The normalized spacial score (nSPS) is 11.0. The van der Waals surface area contributed by atoms with Crippen molar-refractivity contribution in [1.82, 2.24) is 9.88 Å². The lowest BCUT2D eigenvalue weighted by Gasteiger charge is -2.04. The number of nitrogens with one attached hydrogen (secondary N) is 1. The molecule has 3 aromatic rings. The number of benzene rings is 1. The number of amides is 1. The number of oxazole rings is 1. The minimum Gasteiger partial charge on any atom is -0.408 e. The number of aryl methyl sites for hydroxylation is 1. The lowest BCUT2D eigenvalue weighted by atomic mass is 10.3. The van der Waals surface area contributed by atoms with E-state index in [0.717, 1.165) is 9.35 Å². The second kappa shape index (κ2) is 6.50. The summed E-state index contributed by atoms with van der Waals surface area (Å²) in [7, 11) is 0. The van der Waals surface area contributed by atoms with Crippen molar-refractivity contribution in [2.45, 2.75) is 19.5 Å². The van der Waals surface area contributed by atoms with Crippen molar-refractivity contribution in [2.75, 3.05) is 0 Å². The van der Waals surface area contributed by atoms with Gasteiger partial charge < -0.3 is 9.73 Å². The Kier molecular flexibility index (Phi) is 4.44. The van der Waals surface area contributed by atoms with Crippen LogP contribution in [0.1, 0.15) is 11.3 Å². The summed E-state index contributed by atoms with van der Waals surface area (Å²) >= 11 is 4.96. The number of carbonyl (C=O) groups excluding carboxylic acids is 1. The lowest BCUT2D eigenvalue weighted by Crippen LogP contribution is -2.25. The molecule has 0 unspecified atom stereocenters. The van der Waals surface area contributed by atoms with E-state index in [1.54, 1.807) is 23.5 Å². The molecule has 0 spiro atoms. The van der Waals surface area contributed by atoms with E-state index in [9.17, 15) is 9.59 Å². The third-order valence-corrected chi connectivity index (χ3v) is 4.92. The van der Waals surface area contributed by atoms with Crippen molar-refractivity contribution in [2.24, 2.45) is 0 Å². The topological polar surface area (TPSA) is 64.2 Å². The number of rotatable bonds is 5. The predicted octanol–water partition coefficient (Wildman–Crippen LogP) is 3.13. The number of carbonyl (C=O) groups is 1. The van der Waals surface area contributed by atoms with Crippen LogP contribution in [0.4, 0.5) is 0 Å². The molecule has 0 saturated carbocycles. The van der Waals surface area contributed by atoms with Gasteiger partial charge >= 0.3 is 5.76 Å². The molecule has 1 amide bonds. The van der Waals surface area contributed by atoms with Gasteiger partial charge in [-0.2, -0.15) is 0 Å². The van der Waals surface area contributed by atoms with Crippen LogP contribution in [0.15, 0.2) is 49.4 Å². The highest BCUT2D eigenvalue weighted by atomic mass is 79.9. The molecule has 0 atom stereocenters. The van der Waals surface area contributed by atoms with Crippen LogP contribution < -0.4 is 11.1 Å². The van der Waals surface area contributed by atoms with Crippen molar-refractivity contribution >= 4 is 44.3 Å². The summed E-state index contributed by atoms with van der Waals surface area (Å²) < 4.78 is 7.63. The molecule has 0 saturated heterocycles. The molecule has 0 radical (unpaired) electrons. The average molecular weight is 381 g/mol. The van der Waals surface area contributed by atoms with E-state index >= 15 is 0 Å². The zero-order valence-electron chi connectivity index (χ0n) is 11.5. The van der Waals surface area contributed by atoms with E-state index in [0.29, 0.717) is 24.2 Å². The molecular weight excluding hydrogens is 368 g/mol. The summed E-state index contributed by atoms with van der Waals surface area (Å²) in [5.74, 6) is -0.530. The van der Waals surface area contributed by atoms with Gasteiger partial charge in [0.1, 0.15) is 0 Å². The molecule has 5 nitrogen and oxygen atoms in total. The van der Waals surface area contributed by atoms with Gasteiger partial charge in [0.25, 0.3) is 0 Å². The second-order valence-electron chi connectivity index (χ2n) is 4.75. The van der Waals surface area contributed by atoms with E-state index in [-0.39, 0.29) is 12.3 Å². The van der Waals surface area contributed by atoms with E-state index in [1.165, 1.54) is 4.57 Å². The number of nitrogens with zero attached hydrogens (tertiary/aromatic N) is 1. The first-order valence-electron chi connectivity index (χ1n) is 6.71. The van der Waals surface area contributed by atoms with Gasteiger partial charge in [0.15, 0.2) is 5.58 Å². The molecule has 22 heavy (non-hydrogen) atoms. The Labute approximate surface area is 138 Å². The third kappa shape index (κ3) is 3.31. The van der Waals surface area contributed by atoms with Crippen LogP contribution in [0.2, 0.25) is 0 Å². The molecule has 0 aliphatic heterocycles. The highest BCUT2D eigenvalue weighted by Crippen LogP contribution is 2.19. The largest absolute Gasteiger partial charge is 0.419 e. The van der Waals surface area contributed by atoms with E-state index < -0.39 is 5.76 Å². The van der Waals surface area contributed by atoms with Crippen LogP contribution in [0, 0.1) is 0 Å². The number of para-hydroxylation sites is 2. The van der Waals surface area contributed by atoms with Crippen molar-refractivity contribution in [3.63, 3.8) is 0 Å². The molecule has 114 valence electrons. The number of fused-ring (bicyclic) bond motifs is 1. The van der Waals surface area contributed by atoms with Crippen LogP contribution in [-0.2, 0) is 17.9 Å². The van der Waals surface area contributed by atoms with Gasteiger partial charge in [-0.05, 0) is 34.1 Å². The molecule has 1 N–H and O–H groups in total. The molecule has 0 aliphatic carbocycles. The Morgan fingerprint density at radius 3 is 2.95 bits per heavy atom. The van der Waals surface area contributed by atoms with Crippen molar-refractivity contribution < 1.29 is 9.21 Å². The first-order valence-corrected chi connectivity index (χ1v) is 8.39. The molecule has 2 heterocycles. The predicted molar refractivity (Wildman–Crippen MR) is 89.0 cm³/mol. The summed E-state index contributed by atoms with van der Waals surface area (Å²) in [4.78, 5) is 24.8. The Morgan fingerprint density at radius 1 is 1.36 bits per heavy atom. The smallest absolute Gasteiger partial charge is 0.408 e. The summed E-state index contributed by atoms with van der Waals surface area (Å²) in [6.07, 6.45) is 0.232. The Hall–Kier alpha value is -1.86. The Morgan fingerprint density at radius 2 is 2.18 bits per heavy atom. The van der Waals surface area contributed by atoms with Crippen molar-refractivity contribution in [3.05, 3.63) is 55.6 Å². The first-order chi connectivity index (χ1) is 10.6. The van der Waals surface area contributed by atoms with Gasteiger partial charge in [-0.1, -0.05) is 12.1 Å². The van der Waals surface area contributed by atoms with Gasteiger partial charge in [0, 0.05) is 27.7 Å². The number of hydrogen-bond donors (Lipinski definition) is 1. The van der Waals surface area contributed by atoms with Gasteiger partial charge in [0.2, 0.25) is 5.91 Å².